The number of aromatic amines is 1. The van der Waals surface area contributed by atoms with Crippen LogP contribution in [0.2, 0.25) is 0 Å². The maximum absolute atomic E-state index is 15.2. The van der Waals surface area contributed by atoms with E-state index in [0.717, 1.165) is 0 Å². The van der Waals surface area contributed by atoms with Gasteiger partial charge >= 0.3 is 7.32 Å². The molecule has 0 aliphatic heterocycles. The molecule has 0 saturated carbocycles. The molecule has 0 spiro atoms. The first kappa shape index (κ1) is 45.9. The Labute approximate surface area is 334 Å². The quantitative estimate of drug-likeness (QED) is 0.0750. The summed E-state index contributed by atoms with van der Waals surface area (Å²) in [6.45, 7) is 4.37. The maximum atomic E-state index is 15.2. The Morgan fingerprint density at radius 1 is 0.333 bits per heavy atom. The first-order valence-electron chi connectivity index (χ1n) is 16.5. The number of rotatable bonds is 7. The van der Waals surface area contributed by atoms with Gasteiger partial charge in [0, 0.05) is 12.4 Å². The normalized spacial score (nSPS) is 11.6. The molecule has 332 valence electrons. The van der Waals surface area contributed by atoms with Crippen LogP contribution >= 0.6 is 0 Å². The monoisotopic (exact) mass is 927 g/mol. The van der Waals surface area contributed by atoms with Crippen LogP contribution in [0, 0.1) is 122 Å². The van der Waals surface area contributed by atoms with Gasteiger partial charge in [0.15, 0.2) is 122 Å². The lowest BCUT2D eigenvalue weighted by molar-refractivity contribution is 0.281. The summed E-state index contributed by atoms with van der Waals surface area (Å²) in [5, 5.41) is -14.7. The van der Waals surface area contributed by atoms with Gasteiger partial charge in [-0.1, -0.05) is 13.8 Å². The largest absolute Gasteiger partial charge is 0.864 e. The number of halogens is 21. The van der Waals surface area contributed by atoms with Crippen molar-refractivity contribution in [3.8, 4) is 17.2 Å². The molecule has 7 rings (SSSR count). The van der Waals surface area contributed by atoms with Crippen molar-refractivity contribution in [3.63, 3.8) is 0 Å². The lowest BCUT2D eigenvalue weighted by atomic mass is 10.0. The maximum Gasteiger partial charge on any atom is 0.864 e. The lowest BCUT2D eigenvalue weighted by Crippen LogP contribution is -2.38. The molecule has 1 aromatic heterocycles. The third kappa shape index (κ3) is 7.17. The van der Waals surface area contributed by atoms with Gasteiger partial charge in [0.05, 0.1) is 32.3 Å². The summed E-state index contributed by atoms with van der Waals surface area (Å²) < 4.78 is 319. The highest BCUT2D eigenvalue weighted by atomic mass is 19.2. The molecule has 0 amide bonds. The average molecular weight is 927 g/mol. The van der Waals surface area contributed by atoms with Crippen LogP contribution in [0.1, 0.15) is 25.3 Å². The van der Waals surface area contributed by atoms with Crippen LogP contribution in [0.5, 0.6) is 17.2 Å². The summed E-state index contributed by atoms with van der Waals surface area (Å²) >= 11 is 0. The molecular formula is C37H11BF21NO3. The Balaban J connectivity index is 0.000000743. The molecule has 0 radical (unpaired) electrons. The molecule has 0 unspecified atom stereocenters. The number of nitrogens with one attached hydrogen (secondary N) is 1. The van der Waals surface area contributed by atoms with Crippen LogP contribution in [0.3, 0.4) is 0 Å². The number of hydrogen-bond donors (Lipinski definition) is 1. The number of H-pyrrole nitrogens is 1. The average Bonchev–Trinajstić information content (AvgIpc) is 3.81. The second kappa shape index (κ2) is 16.6. The number of aromatic nitrogens is 1. The van der Waals surface area contributed by atoms with Crippen molar-refractivity contribution in [1.29, 1.82) is 0 Å². The lowest BCUT2D eigenvalue weighted by Gasteiger charge is -2.22. The Bertz CT molecular complexity index is 2740. The van der Waals surface area contributed by atoms with E-state index in [4.69, 9.17) is 0 Å². The van der Waals surface area contributed by atoms with Gasteiger partial charge in [0.1, 0.15) is 0 Å². The molecule has 63 heavy (non-hydrogen) atoms. The molecular weight excluding hydrogens is 916 g/mol. The third-order valence-electron chi connectivity index (χ3n) is 8.83. The fourth-order valence-corrected chi connectivity index (χ4v) is 5.79. The first-order chi connectivity index (χ1) is 29.4. The van der Waals surface area contributed by atoms with E-state index in [1.807, 2.05) is 12.4 Å². The van der Waals surface area contributed by atoms with Gasteiger partial charge in [-0.2, -0.15) is 13.2 Å². The van der Waals surface area contributed by atoms with Gasteiger partial charge in [0.2, 0.25) is 17.5 Å². The minimum absolute atomic E-state index is 0.654. The molecule has 4 nitrogen and oxygen atoms in total. The molecule has 1 N–H and O–H groups in total. The first-order valence-corrected chi connectivity index (χ1v) is 16.5. The van der Waals surface area contributed by atoms with Crippen LogP contribution in [0.25, 0.3) is 32.3 Å². The smallest absolute Gasteiger partial charge is 0.486 e. The molecule has 0 fully saturated rings. The zero-order valence-corrected chi connectivity index (χ0v) is 30.0. The van der Waals surface area contributed by atoms with Crippen molar-refractivity contribution in [2.45, 2.75) is 19.8 Å². The van der Waals surface area contributed by atoms with Crippen LogP contribution in [0.4, 0.5) is 92.2 Å². The van der Waals surface area contributed by atoms with Gasteiger partial charge in [0.25, 0.3) is 0 Å². The summed E-state index contributed by atoms with van der Waals surface area (Å²) in [5.41, 5.74) is 1.38. The third-order valence-corrected chi connectivity index (χ3v) is 8.83. The fraction of sp³-hybridized carbons (Fsp3) is 0.0811. The summed E-state index contributed by atoms with van der Waals surface area (Å²) in [6, 6.07) is 2.10. The van der Waals surface area contributed by atoms with E-state index in [-0.39, 0.29) is 0 Å². The van der Waals surface area contributed by atoms with Crippen molar-refractivity contribution < 1.29 is 106 Å². The van der Waals surface area contributed by atoms with Crippen LogP contribution < -0.4 is 14.0 Å². The summed E-state index contributed by atoms with van der Waals surface area (Å²) in [7, 11) is -4.20. The van der Waals surface area contributed by atoms with Crippen LogP contribution in [-0.4, -0.2) is 12.3 Å². The van der Waals surface area contributed by atoms with Gasteiger partial charge in [-0.25, -0.2) is 79.0 Å². The van der Waals surface area contributed by atoms with Gasteiger partial charge < -0.3 is 18.9 Å². The highest BCUT2D eigenvalue weighted by Gasteiger charge is 2.43. The molecule has 6 aromatic carbocycles. The van der Waals surface area contributed by atoms with E-state index >= 15 is 13.2 Å². The predicted molar refractivity (Wildman–Crippen MR) is 173 cm³/mol. The topological polar surface area (TPSA) is 43.5 Å². The SMILES string of the molecule is CC(C)c1cc[nH]c1.Fc1c(F)c(F)c2c(OB(Oc3c(F)c(F)c(F)c4c(F)c(F)c(F)c(F)c34)Oc3c(F)c(F)c(F)c4c(F)c(F)c(F)c(F)c34)c(F)c(F)c(F)c2c1F. The van der Waals surface area contributed by atoms with E-state index in [0.29, 0.717) is 5.92 Å². The molecule has 0 aliphatic rings. The zero-order valence-electron chi connectivity index (χ0n) is 30.0. The van der Waals surface area contributed by atoms with Gasteiger partial charge in [-0.3, -0.25) is 0 Å². The van der Waals surface area contributed by atoms with Crippen molar-refractivity contribution in [2.24, 2.45) is 0 Å². The Kier molecular flexibility index (Phi) is 12.1. The molecule has 1 heterocycles. The van der Waals surface area contributed by atoms with Crippen molar-refractivity contribution >= 4 is 39.6 Å². The Morgan fingerprint density at radius 3 is 0.746 bits per heavy atom. The molecule has 0 aliphatic carbocycles. The zero-order chi connectivity index (χ0) is 47.0. The highest BCUT2D eigenvalue weighted by Crippen LogP contribution is 2.44. The second-order valence-electron chi connectivity index (χ2n) is 12.8. The van der Waals surface area contributed by atoms with E-state index in [9.17, 15) is 79.0 Å². The summed E-state index contributed by atoms with van der Waals surface area (Å²) in [4.78, 5) is 3.01. The number of benzene rings is 6. The Morgan fingerprint density at radius 2 is 0.556 bits per heavy atom. The highest BCUT2D eigenvalue weighted by molar-refractivity contribution is 6.40. The van der Waals surface area contributed by atoms with Crippen LogP contribution in [0.15, 0.2) is 18.5 Å². The molecule has 0 saturated heterocycles. The van der Waals surface area contributed by atoms with Crippen molar-refractivity contribution in [2.75, 3.05) is 0 Å². The summed E-state index contributed by atoms with van der Waals surface area (Å²) in [5.74, 6) is -70.0. The minimum atomic E-state index is -4.20. The van der Waals surface area contributed by atoms with Crippen molar-refractivity contribution in [3.05, 3.63) is 146 Å². The fourth-order valence-electron chi connectivity index (χ4n) is 5.79. The number of fused-ring (bicyclic) bond motifs is 3. The summed E-state index contributed by atoms with van der Waals surface area (Å²) in [6.07, 6.45) is 3.99. The second-order valence-corrected chi connectivity index (χ2v) is 12.8. The van der Waals surface area contributed by atoms with Crippen LogP contribution in [-0.2, 0) is 0 Å². The molecule has 7 aromatic rings. The van der Waals surface area contributed by atoms with Gasteiger partial charge in [-0.05, 0) is 17.5 Å². The van der Waals surface area contributed by atoms with Gasteiger partial charge in [-0.15, -0.1) is 0 Å². The van der Waals surface area contributed by atoms with E-state index in [1.54, 1.807) is 0 Å². The molecule has 26 heteroatoms. The standard InChI is InChI=1S/C30BF21O3.C7H11N/c32-7-1-4(13(38)19(44)16(7)41)28(25(50)22(47)10(1)35)53-31(54-29-5-2(11(36)23(48)26(29)51)8(33)17(42)20(45)14(5)39)55-30-6-3(12(37)24(49)27(30)52)9(34)18(43)21(46)15(6)40;1-6(2)7-3-4-8-5-7/h;3-6,8H,1-2H3. The Hall–Kier alpha value is -6.63. The predicted octanol–water partition coefficient (Wildman–Crippen LogP) is 12.7. The van der Waals surface area contributed by atoms with E-state index in [2.05, 4.69) is 38.9 Å². The van der Waals surface area contributed by atoms with E-state index < -0.39 is 179 Å². The molecule has 0 bridgehead atoms. The van der Waals surface area contributed by atoms with Crippen molar-refractivity contribution in [1.82, 2.24) is 4.98 Å². The number of hydrogen-bond acceptors (Lipinski definition) is 3. The minimum Gasteiger partial charge on any atom is -0.486 e. The van der Waals surface area contributed by atoms with E-state index in [1.165, 1.54) is 5.56 Å². The molecule has 0 atom stereocenters.